The van der Waals surface area contributed by atoms with Crippen LogP contribution in [0.2, 0.25) is 0 Å². The van der Waals surface area contributed by atoms with Gasteiger partial charge >= 0.3 is 11.7 Å². The number of carboxylic acids is 1. The van der Waals surface area contributed by atoms with Crippen molar-refractivity contribution < 1.29 is 19.6 Å². The van der Waals surface area contributed by atoms with Crippen molar-refractivity contribution >= 4 is 40.6 Å². The minimum Gasteiger partial charge on any atom is -0.481 e. The minimum atomic E-state index is -0.855. The molecule has 11 nitrogen and oxygen atoms in total. The number of nitrogens with one attached hydrogen (secondary N) is 2. The highest BCUT2D eigenvalue weighted by Gasteiger charge is 2.31. The lowest BCUT2D eigenvalue weighted by Gasteiger charge is -2.30. The molecule has 1 aromatic carbocycles. The first-order chi connectivity index (χ1) is 13.8. The van der Waals surface area contributed by atoms with Crippen molar-refractivity contribution in [3.63, 3.8) is 0 Å². The summed E-state index contributed by atoms with van der Waals surface area (Å²) in [6, 6.07) is 6.65. The first-order valence-electron chi connectivity index (χ1n) is 8.97. The number of piperidine rings is 1. The molecular formula is C18H20N6O5. The molecule has 1 saturated heterocycles. The normalized spacial score (nSPS) is 14.3. The third-order valence-electron chi connectivity index (χ3n) is 4.60. The number of hydrogen-bond acceptors (Lipinski definition) is 8. The van der Waals surface area contributed by atoms with Crippen molar-refractivity contribution in [3.05, 3.63) is 40.7 Å². The van der Waals surface area contributed by atoms with E-state index >= 15 is 0 Å². The van der Waals surface area contributed by atoms with Crippen molar-refractivity contribution in [3.8, 4) is 0 Å². The van der Waals surface area contributed by atoms with E-state index in [1.54, 1.807) is 29.2 Å². The van der Waals surface area contributed by atoms with E-state index in [9.17, 15) is 19.7 Å². The number of aromatic nitrogens is 2. The summed E-state index contributed by atoms with van der Waals surface area (Å²) in [5.41, 5.74) is 0.880. The summed E-state index contributed by atoms with van der Waals surface area (Å²) in [7, 11) is 0. The molecule has 11 heteroatoms. The van der Waals surface area contributed by atoms with Crippen molar-refractivity contribution in [2.24, 2.45) is 5.92 Å². The van der Waals surface area contributed by atoms with E-state index < -0.39 is 16.8 Å². The lowest BCUT2D eigenvalue weighted by atomic mass is 9.97. The predicted octanol–water partition coefficient (Wildman–Crippen LogP) is 2.39. The van der Waals surface area contributed by atoms with Gasteiger partial charge in [0, 0.05) is 31.4 Å². The van der Waals surface area contributed by atoms with Crippen molar-refractivity contribution in [1.29, 1.82) is 0 Å². The van der Waals surface area contributed by atoms with Crippen LogP contribution in [0.4, 0.5) is 28.7 Å². The molecule has 1 amide bonds. The van der Waals surface area contributed by atoms with Gasteiger partial charge < -0.3 is 20.6 Å². The summed E-state index contributed by atoms with van der Waals surface area (Å²) in [6.45, 7) is 2.12. The van der Waals surface area contributed by atoms with Gasteiger partial charge in [-0.3, -0.25) is 19.7 Å². The Hall–Kier alpha value is -3.76. The molecule has 0 saturated carbocycles. The standard InChI is InChI=1S/C18H20N6O5/c1-11(25)21-13-2-4-14(5-3-13)22-16-15(24(28)29)17(20-10-19-16)23-8-6-12(7-9-23)18(26)27/h2-5,10,12H,6-9H2,1H3,(H,21,25)(H,26,27)(H,19,20,22). The molecule has 0 atom stereocenters. The Morgan fingerprint density at radius 3 is 2.34 bits per heavy atom. The number of rotatable bonds is 6. The monoisotopic (exact) mass is 400 g/mol. The molecule has 152 valence electrons. The average molecular weight is 400 g/mol. The molecule has 0 unspecified atom stereocenters. The van der Waals surface area contributed by atoms with Crippen LogP contribution in [-0.4, -0.2) is 45.0 Å². The number of carboxylic acid groups (broad SMARTS) is 1. The second-order valence-electron chi connectivity index (χ2n) is 6.63. The van der Waals surface area contributed by atoms with Crippen molar-refractivity contribution in [2.75, 3.05) is 28.6 Å². The molecule has 0 spiro atoms. The summed E-state index contributed by atoms with van der Waals surface area (Å²) in [6.07, 6.45) is 2.02. The Morgan fingerprint density at radius 2 is 1.79 bits per heavy atom. The van der Waals surface area contributed by atoms with E-state index in [4.69, 9.17) is 5.11 Å². The van der Waals surface area contributed by atoms with Gasteiger partial charge in [-0.25, -0.2) is 9.97 Å². The molecule has 29 heavy (non-hydrogen) atoms. The van der Waals surface area contributed by atoms with Crippen LogP contribution in [-0.2, 0) is 9.59 Å². The molecule has 3 rings (SSSR count). The lowest BCUT2D eigenvalue weighted by Crippen LogP contribution is -2.37. The summed E-state index contributed by atoms with van der Waals surface area (Å²) in [5.74, 6) is -1.31. The van der Waals surface area contributed by atoms with Gasteiger partial charge in [0.2, 0.25) is 17.5 Å². The van der Waals surface area contributed by atoms with Gasteiger partial charge in [-0.2, -0.15) is 0 Å². The Kier molecular flexibility index (Phi) is 5.86. The topological polar surface area (TPSA) is 151 Å². The number of anilines is 4. The predicted molar refractivity (Wildman–Crippen MR) is 105 cm³/mol. The fourth-order valence-electron chi connectivity index (χ4n) is 3.18. The van der Waals surface area contributed by atoms with Crippen LogP contribution in [0, 0.1) is 16.0 Å². The summed E-state index contributed by atoms with van der Waals surface area (Å²) < 4.78 is 0. The van der Waals surface area contributed by atoms with E-state index in [0.717, 1.165) is 0 Å². The van der Waals surface area contributed by atoms with E-state index in [1.165, 1.54) is 13.3 Å². The van der Waals surface area contributed by atoms with Gasteiger partial charge in [0.15, 0.2) is 0 Å². The largest absolute Gasteiger partial charge is 0.481 e. The van der Waals surface area contributed by atoms with Gasteiger partial charge in [-0.05, 0) is 37.1 Å². The van der Waals surface area contributed by atoms with E-state index in [0.29, 0.717) is 37.3 Å². The fraction of sp³-hybridized carbons (Fsp3) is 0.333. The number of carbonyl (C=O) groups is 2. The molecule has 1 fully saturated rings. The Morgan fingerprint density at radius 1 is 1.17 bits per heavy atom. The highest BCUT2D eigenvalue weighted by Crippen LogP contribution is 2.35. The SMILES string of the molecule is CC(=O)Nc1ccc(Nc2ncnc(N3CCC(C(=O)O)CC3)c2[N+](=O)[O-])cc1. The quantitative estimate of drug-likeness (QED) is 0.490. The number of benzene rings is 1. The molecule has 1 aliphatic heterocycles. The maximum absolute atomic E-state index is 11.7. The second-order valence-corrected chi connectivity index (χ2v) is 6.63. The van der Waals surface area contributed by atoms with Crippen LogP contribution in [0.5, 0.6) is 0 Å². The van der Waals surface area contributed by atoms with Gasteiger partial charge in [0.05, 0.1) is 10.8 Å². The third kappa shape index (κ3) is 4.75. The van der Waals surface area contributed by atoms with Crippen LogP contribution >= 0.6 is 0 Å². The summed E-state index contributed by atoms with van der Waals surface area (Å²) >= 11 is 0. The number of hydrogen-bond donors (Lipinski definition) is 3. The van der Waals surface area contributed by atoms with E-state index in [2.05, 4.69) is 20.6 Å². The number of nitro groups is 1. The number of amides is 1. The molecule has 0 radical (unpaired) electrons. The first-order valence-corrected chi connectivity index (χ1v) is 8.97. The minimum absolute atomic E-state index is 0.0348. The van der Waals surface area contributed by atoms with Crippen LogP contribution in [0.25, 0.3) is 0 Å². The Balaban J connectivity index is 1.83. The van der Waals surface area contributed by atoms with E-state index in [-0.39, 0.29) is 23.2 Å². The van der Waals surface area contributed by atoms with Crippen LogP contribution in [0.15, 0.2) is 30.6 Å². The van der Waals surface area contributed by atoms with E-state index in [1.807, 2.05) is 0 Å². The van der Waals surface area contributed by atoms with Crippen LogP contribution in [0.3, 0.4) is 0 Å². The molecule has 2 aromatic rings. The molecule has 3 N–H and O–H groups in total. The zero-order valence-corrected chi connectivity index (χ0v) is 15.7. The zero-order valence-electron chi connectivity index (χ0n) is 15.7. The number of aliphatic carboxylic acids is 1. The highest BCUT2D eigenvalue weighted by atomic mass is 16.6. The maximum atomic E-state index is 11.7. The van der Waals surface area contributed by atoms with Crippen molar-refractivity contribution in [1.82, 2.24) is 9.97 Å². The fourth-order valence-corrected chi connectivity index (χ4v) is 3.18. The Labute approximate surface area is 165 Å². The lowest BCUT2D eigenvalue weighted by molar-refractivity contribution is -0.383. The van der Waals surface area contributed by atoms with Crippen LogP contribution in [0.1, 0.15) is 19.8 Å². The molecule has 2 heterocycles. The molecule has 0 bridgehead atoms. The zero-order chi connectivity index (χ0) is 21.0. The third-order valence-corrected chi connectivity index (χ3v) is 4.60. The first kappa shape index (κ1) is 20.0. The average Bonchev–Trinajstić information content (AvgIpc) is 2.69. The molecule has 1 aliphatic rings. The molecule has 1 aromatic heterocycles. The second kappa shape index (κ2) is 8.50. The smallest absolute Gasteiger partial charge is 0.353 e. The summed E-state index contributed by atoms with van der Waals surface area (Å²) in [4.78, 5) is 43.2. The number of nitrogens with zero attached hydrogens (tertiary/aromatic N) is 4. The molecular weight excluding hydrogens is 380 g/mol. The Bertz CT molecular complexity index is 925. The number of carbonyl (C=O) groups excluding carboxylic acids is 1. The summed E-state index contributed by atoms with van der Waals surface area (Å²) in [5, 5.41) is 26.4. The molecule has 0 aliphatic carbocycles. The highest BCUT2D eigenvalue weighted by molar-refractivity contribution is 5.89. The van der Waals surface area contributed by atoms with Gasteiger partial charge in [-0.1, -0.05) is 0 Å². The van der Waals surface area contributed by atoms with Gasteiger partial charge in [0.25, 0.3) is 0 Å². The van der Waals surface area contributed by atoms with Crippen molar-refractivity contribution in [2.45, 2.75) is 19.8 Å². The van der Waals surface area contributed by atoms with Gasteiger partial charge in [0.1, 0.15) is 6.33 Å². The maximum Gasteiger partial charge on any atom is 0.353 e. The van der Waals surface area contributed by atoms with Crippen LogP contribution < -0.4 is 15.5 Å². The van der Waals surface area contributed by atoms with Gasteiger partial charge in [-0.15, -0.1) is 0 Å².